The molecule has 0 aliphatic carbocycles. The van der Waals surface area contributed by atoms with Crippen molar-refractivity contribution in [3.8, 4) is 0 Å². The van der Waals surface area contributed by atoms with Crippen LogP contribution in [0.15, 0.2) is 18.2 Å². The molecule has 1 aromatic carbocycles. The fraction of sp³-hybridized carbons (Fsp3) is 0. The Balaban J connectivity index is 2.93. The first-order valence-electron chi connectivity index (χ1n) is 5.45. The molecule has 0 aliphatic heterocycles. The van der Waals surface area contributed by atoms with E-state index < -0.39 is 20.6 Å². The van der Waals surface area contributed by atoms with Gasteiger partial charge in [0.25, 0.3) is 0 Å². The van der Waals surface area contributed by atoms with Gasteiger partial charge in [-0.25, -0.2) is 9.13 Å². The Morgan fingerprint density at radius 3 is 1.78 bits per heavy atom. The Labute approximate surface area is 146 Å². The average molecular weight is 421 g/mol. The van der Waals surface area contributed by atoms with Crippen LogP contribution in [-0.4, -0.2) is 29.8 Å². The summed E-state index contributed by atoms with van der Waals surface area (Å²) in [6.07, 6.45) is 0. The lowest BCUT2D eigenvalue weighted by Crippen LogP contribution is -2.28. The second-order valence-corrected chi connectivity index (χ2v) is 7.79. The second kappa shape index (κ2) is 7.84. The zero-order valence-corrected chi connectivity index (χ0v) is 15.1. The van der Waals surface area contributed by atoms with Crippen molar-refractivity contribution in [2.75, 3.05) is 10.6 Å². The van der Waals surface area contributed by atoms with Crippen LogP contribution in [0.2, 0.25) is 5.02 Å². The molecule has 0 bridgehead atoms. The van der Waals surface area contributed by atoms with E-state index in [9.17, 15) is 9.13 Å². The zero-order chi connectivity index (χ0) is 17.8. The molecule has 23 heavy (non-hydrogen) atoms. The number of nitrogens with one attached hydrogen (secondary N) is 4. The minimum Gasteiger partial charge on any atom is -0.331 e. The first-order chi connectivity index (χ1) is 10.4. The molecule has 0 heterocycles. The van der Waals surface area contributed by atoms with Gasteiger partial charge >= 0.3 is 15.5 Å². The molecule has 10 nitrogen and oxygen atoms in total. The minimum absolute atomic E-state index is 0.165. The van der Waals surface area contributed by atoms with Crippen LogP contribution < -0.4 is 20.8 Å². The van der Waals surface area contributed by atoms with Crippen molar-refractivity contribution in [1.82, 2.24) is 10.2 Å². The van der Waals surface area contributed by atoms with E-state index in [1.807, 2.05) is 0 Å². The monoisotopic (exact) mass is 420 g/mol. The third kappa shape index (κ3) is 8.56. The third-order valence-corrected chi connectivity index (χ3v) is 3.95. The molecule has 0 atom stereocenters. The van der Waals surface area contributed by atoms with Crippen LogP contribution in [-0.2, 0) is 9.13 Å². The highest BCUT2D eigenvalue weighted by Gasteiger charge is 2.17. The van der Waals surface area contributed by atoms with Crippen LogP contribution in [0.1, 0.15) is 0 Å². The van der Waals surface area contributed by atoms with E-state index in [2.05, 4.69) is 10.6 Å². The summed E-state index contributed by atoms with van der Waals surface area (Å²) in [5.41, 5.74) is 0.369. The van der Waals surface area contributed by atoms with Crippen LogP contribution in [0.3, 0.4) is 0 Å². The van der Waals surface area contributed by atoms with E-state index in [0.717, 1.165) is 0 Å². The quantitative estimate of drug-likeness (QED) is 0.259. The lowest BCUT2D eigenvalue weighted by molar-refractivity contribution is 0.365. The summed E-state index contributed by atoms with van der Waals surface area (Å²) in [4.78, 5) is 35.1. The Bertz CT molecular complexity index is 723. The van der Waals surface area contributed by atoms with Crippen molar-refractivity contribution in [2.45, 2.75) is 0 Å². The van der Waals surface area contributed by atoms with Gasteiger partial charge in [0.05, 0.1) is 11.4 Å². The molecule has 0 fully saturated rings. The number of hydrogen-bond acceptors (Lipinski definition) is 4. The Morgan fingerprint density at radius 1 is 0.913 bits per heavy atom. The maximum Gasteiger partial charge on any atom is 0.429 e. The summed E-state index contributed by atoms with van der Waals surface area (Å²) in [5, 5.41) is 7.97. The van der Waals surface area contributed by atoms with Crippen LogP contribution in [0.25, 0.3) is 0 Å². The van der Waals surface area contributed by atoms with E-state index >= 15 is 0 Å². The van der Waals surface area contributed by atoms with E-state index in [1.54, 1.807) is 10.2 Å². The van der Waals surface area contributed by atoms with Crippen molar-refractivity contribution in [1.29, 1.82) is 0 Å². The standard InChI is InChI=1S/C8H11ClN4O6P2S2/c9-4-1-2-5(10-7(22)12-20(14,15)16)6(3-4)11-8(23)13-21(17,18)19/h1-3H,(H4,10,12,14,15,16,22)(H4,11,13,17,18,19,23). The number of benzene rings is 1. The summed E-state index contributed by atoms with van der Waals surface area (Å²) in [7, 11) is -9.17. The van der Waals surface area contributed by atoms with Crippen LogP contribution >= 0.6 is 51.5 Å². The van der Waals surface area contributed by atoms with Gasteiger partial charge in [-0.15, -0.1) is 0 Å². The summed E-state index contributed by atoms with van der Waals surface area (Å²) < 4.78 is 21.6. The Kier molecular flexibility index (Phi) is 6.90. The van der Waals surface area contributed by atoms with Gasteiger partial charge in [-0.1, -0.05) is 11.6 Å². The summed E-state index contributed by atoms with van der Waals surface area (Å²) in [5.74, 6) is 0. The highest BCUT2D eigenvalue weighted by Crippen LogP contribution is 2.31. The topological polar surface area (TPSA) is 163 Å². The lowest BCUT2D eigenvalue weighted by Gasteiger charge is -2.17. The fourth-order valence-electron chi connectivity index (χ4n) is 1.29. The van der Waals surface area contributed by atoms with Gasteiger partial charge in [0.2, 0.25) is 0 Å². The van der Waals surface area contributed by atoms with Crippen LogP contribution in [0.4, 0.5) is 11.4 Å². The Hall–Kier alpha value is -0.810. The smallest absolute Gasteiger partial charge is 0.331 e. The molecular formula is C8H11ClN4O6P2S2. The molecule has 1 rings (SSSR count). The summed E-state index contributed by atoms with van der Waals surface area (Å²) in [6.45, 7) is 0. The number of hydrogen-bond donors (Lipinski definition) is 8. The highest BCUT2D eigenvalue weighted by atomic mass is 35.5. The normalized spacial score (nSPS) is 11.5. The zero-order valence-electron chi connectivity index (χ0n) is 10.9. The molecule has 0 amide bonds. The lowest BCUT2D eigenvalue weighted by atomic mass is 10.2. The van der Waals surface area contributed by atoms with Crippen molar-refractivity contribution >= 4 is 73.1 Å². The van der Waals surface area contributed by atoms with Gasteiger partial charge in [0, 0.05) is 5.02 Å². The predicted octanol–water partition coefficient (Wildman–Crippen LogP) is 1.10. The van der Waals surface area contributed by atoms with Gasteiger partial charge in [0.1, 0.15) is 0 Å². The molecule has 0 saturated heterocycles. The first kappa shape index (κ1) is 20.2. The maximum absolute atomic E-state index is 10.8. The van der Waals surface area contributed by atoms with Crippen molar-refractivity contribution < 1.29 is 28.7 Å². The Morgan fingerprint density at radius 2 is 1.35 bits per heavy atom. The number of anilines is 2. The van der Waals surface area contributed by atoms with Gasteiger partial charge in [-0.05, 0) is 42.6 Å². The number of thiocarbonyl (C=S) groups is 2. The molecular weight excluding hydrogens is 410 g/mol. The van der Waals surface area contributed by atoms with Crippen molar-refractivity contribution in [3.63, 3.8) is 0 Å². The average Bonchev–Trinajstić information content (AvgIpc) is 2.27. The molecule has 0 aliphatic rings. The van der Waals surface area contributed by atoms with Crippen LogP contribution in [0.5, 0.6) is 0 Å². The van der Waals surface area contributed by atoms with E-state index in [4.69, 9.17) is 55.6 Å². The number of rotatable bonds is 4. The fourth-order valence-corrected chi connectivity index (χ4v) is 3.04. The van der Waals surface area contributed by atoms with Gasteiger partial charge in [-0.2, -0.15) is 0 Å². The minimum atomic E-state index is -4.59. The summed E-state index contributed by atoms with van der Waals surface area (Å²) in [6, 6.07) is 4.23. The highest BCUT2D eigenvalue weighted by molar-refractivity contribution is 7.81. The molecule has 1 aromatic rings. The van der Waals surface area contributed by atoms with Crippen LogP contribution in [0, 0.1) is 0 Å². The SMILES string of the molecule is O=P(O)(O)NC(=S)Nc1ccc(Cl)cc1NC(=S)NP(=O)(O)O. The van der Waals surface area contributed by atoms with E-state index in [0.29, 0.717) is 0 Å². The van der Waals surface area contributed by atoms with Crippen molar-refractivity contribution in [3.05, 3.63) is 23.2 Å². The van der Waals surface area contributed by atoms with Gasteiger partial charge < -0.3 is 30.2 Å². The predicted molar refractivity (Wildman–Crippen MR) is 94.3 cm³/mol. The molecule has 0 radical (unpaired) electrons. The van der Waals surface area contributed by atoms with Crippen molar-refractivity contribution in [2.24, 2.45) is 0 Å². The van der Waals surface area contributed by atoms with E-state index in [-0.39, 0.29) is 21.5 Å². The molecule has 0 saturated carbocycles. The second-order valence-electron chi connectivity index (χ2n) is 3.91. The molecule has 128 valence electrons. The molecule has 0 spiro atoms. The number of halogens is 1. The molecule has 8 N–H and O–H groups in total. The first-order valence-corrected chi connectivity index (χ1v) is 9.87. The van der Waals surface area contributed by atoms with Gasteiger partial charge in [0.15, 0.2) is 10.2 Å². The molecule has 0 aromatic heterocycles. The maximum atomic E-state index is 10.8. The summed E-state index contributed by atoms with van der Waals surface area (Å²) >= 11 is 15.3. The van der Waals surface area contributed by atoms with E-state index in [1.165, 1.54) is 18.2 Å². The third-order valence-electron chi connectivity index (χ3n) is 1.97. The molecule has 0 unspecified atom stereocenters. The molecule has 15 heteroatoms. The largest absolute Gasteiger partial charge is 0.429 e. The van der Waals surface area contributed by atoms with Gasteiger partial charge in [-0.3, -0.25) is 10.2 Å².